The predicted octanol–water partition coefficient (Wildman–Crippen LogP) is 3.01. The third-order valence-corrected chi connectivity index (χ3v) is 3.97. The molecule has 2 aromatic rings. The Morgan fingerprint density at radius 1 is 0.737 bits per heavy atom. The molecule has 0 aliphatic rings. The maximum atomic E-state index is 5.93. The van der Waals surface area contributed by atoms with Crippen molar-refractivity contribution in [1.82, 2.24) is 0 Å². The van der Waals surface area contributed by atoms with Crippen LogP contribution in [0, 0.1) is 0 Å². The zero-order valence-corrected chi connectivity index (χ0v) is 12.1. The lowest BCUT2D eigenvalue weighted by molar-refractivity contribution is 0.402. The van der Waals surface area contributed by atoms with Crippen LogP contribution in [-0.2, 0) is 0 Å². The Morgan fingerprint density at radius 3 is 1.47 bits per heavy atom. The van der Waals surface area contributed by atoms with Crippen LogP contribution in [0.3, 0.4) is 0 Å². The molecule has 100 valence electrons. The molecule has 0 aliphatic heterocycles. The van der Waals surface area contributed by atoms with Gasteiger partial charge in [0.2, 0.25) is 0 Å². The molecule has 0 fully saturated rings. The number of nitrogen functional groups attached to an aromatic ring is 2. The summed E-state index contributed by atoms with van der Waals surface area (Å²) in [4.78, 5) is 0. The summed E-state index contributed by atoms with van der Waals surface area (Å²) in [5.74, 6) is 1.29. The quantitative estimate of drug-likeness (QED) is 0.664. The largest absolute Gasteiger partial charge is 0.510 e. The lowest BCUT2D eigenvalue weighted by atomic mass is 10.3. The van der Waals surface area contributed by atoms with Gasteiger partial charge in [0.25, 0.3) is 0 Å². The minimum atomic E-state index is -2.41. The van der Waals surface area contributed by atoms with Crippen LogP contribution < -0.4 is 20.3 Å². The van der Waals surface area contributed by atoms with E-state index in [9.17, 15) is 0 Å². The minimum absolute atomic E-state index is 0.604. The molecule has 0 atom stereocenters. The standard InChI is InChI=1S/C14H18N2O2Si/c1-19(2,17-13-9-5-3-7-11(13)15)18-14-10-6-4-8-12(14)16/h3-10H,15-16H2,1-2H3. The van der Waals surface area contributed by atoms with Crippen LogP contribution >= 0.6 is 0 Å². The maximum Gasteiger partial charge on any atom is 0.454 e. The lowest BCUT2D eigenvalue weighted by Gasteiger charge is -2.26. The molecule has 0 aliphatic carbocycles. The van der Waals surface area contributed by atoms with E-state index in [2.05, 4.69) is 0 Å². The first-order valence-corrected chi connectivity index (χ1v) is 8.87. The van der Waals surface area contributed by atoms with Crippen LogP contribution in [-0.4, -0.2) is 8.56 Å². The molecule has 0 radical (unpaired) electrons. The van der Waals surface area contributed by atoms with Gasteiger partial charge in [0, 0.05) is 13.1 Å². The molecule has 0 bridgehead atoms. The molecular formula is C14H18N2O2Si. The molecule has 4 N–H and O–H groups in total. The fraction of sp³-hybridized carbons (Fsp3) is 0.143. The molecule has 0 amide bonds. The molecular weight excluding hydrogens is 256 g/mol. The number of benzene rings is 2. The normalized spacial score (nSPS) is 11.1. The van der Waals surface area contributed by atoms with Gasteiger partial charge in [0.05, 0.1) is 11.4 Å². The molecule has 0 saturated carbocycles. The van der Waals surface area contributed by atoms with Crippen molar-refractivity contribution < 1.29 is 8.85 Å². The average molecular weight is 274 g/mol. The van der Waals surface area contributed by atoms with Crippen LogP contribution in [0.5, 0.6) is 11.5 Å². The van der Waals surface area contributed by atoms with Crippen LogP contribution in [0.25, 0.3) is 0 Å². The second-order valence-corrected chi connectivity index (χ2v) is 7.89. The Bertz CT molecular complexity index is 523. The molecule has 0 heterocycles. The van der Waals surface area contributed by atoms with E-state index >= 15 is 0 Å². The number of nitrogens with two attached hydrogens (primary N) is 2. The van der Waals surface area contributed by atoms with Gasteiger partial charge >= 0.3 is 8.56 Å². The summed E-state index contributed by atoms with van der Waals surface area (Å²) in [6, 6.07) is 14.8. The van der Waals surface area contributed by atoms with Crippen molar-refractivity contribution in [3.63, 3.8) is 0 Å². The molecule has 0 unspecified atom stereocenters. The monoisotopic (exact) mass is 274 g/mol. The summed E-state index contributed by atoms with van der Waals surface area (Å²) in [5, 5.41) is 0. The summed E-state index contributed by atoms with van der Waals surface area (Å²) in [6.45, 7) is 3.90. The number of rotatable bonds is 4. The van der Waals surface area contributed by atoms with Crippen LogP contribution in [0.2, 0.25) is 13.1 Å². The average Bonchev–Trinajstić information content (AvgIpc) is 2.35. The second kappa shape index (κ2) is 5.24. The molecule has 0 spiro atoms. The highest BCUT2D eigenvalue weighted by Gasteiger charge is 2.30. The Balaban J connectivity index is 2.15. The predicted molar refractivity (Wildman–Crippen MR) is 80.4 cm³/mol. The molecule has 19 heavy (non-hydrogen) atoms. The molecule has 5 heteroatoms. The maximum absolute atomic E-state index is 5.93. The smallest absolute Gasteiger partial charge is 0.454 e. The van der Waals surface area contributed by atoms with E-state index in [0.717, 1.165) is 0 Å². The van der Waals surface area contributed by atoms with Gasteiger partial charge in [-0.2, -0.15) is 0 Å². The van der Waals surface area contributed by atoms with E-state index in [0.29, 0.717) is 22.9 Å². The van der Waals surface area contributed by atoms with Crippen molar-refractivity contribution in [2.45, 2.75) is 13.1 Å². The van der Waals surface area contributed by atoms with Crippen molar-refractivity contribution in [2.24, 2.45) is 0 Å². The highest BCUT2D eigenvalue weighted by atomic mass is 28.4. The van der Waals surface area contributed by atoms with Crippen molar-refractivity contribution in [2.75, 3.05) is 11.5 Å². The minimum Gasteiger partial charge on any atom is -0.510 e. The van der Waals surface area contributed by atoms with E-state index in [-0.39, 0.29) is 0 Å². The van der Waals surface area contributed by atoms with Gasteiger partial charge in [-0.05, 0) is 24.3 Å². The van der Waals surface area contributed by atoms with E-state index in [1.165, 1.54) is 0 Å². The first kappa shape index (κ1) is 13.3. The molecule has 0 aromatic heterocycles. The third-order valence-electron chi connectivity index (χ3n) is 2.55. The van der Waals surface area contributed by atoms with Crippen molar-refractivity contribution >= 4 is 19.9 Å². The first-order chi connectivity index (χ1) is 8.98. The fourth-order valence-corrected chi connectivity index (χ4v) is 3.17. The summed E-state index contributed by atoms with van der Waals surface area (Å²) in [5.41, 5.74) is 12.9. The second-order valence-electron chi connectivity index (χ2n) is 4.68. The number of para-hydroxylation sites is 4. The Morgan fingerprint density at radius 2 is 1.11 bits per heavy atom. The van der Waals surface area contributed by atoms with Gasteiger partial charge in [-0.25, -0.2) is 0 Å². The third kappa shape index (κ3) is 3.42. The highest BCUT2D eigenvalue weighted by Crippen LogP contribution is 2.27. The van der Waals surface area contributed by atoms with E-state index < -0.39 is 8.56 Å². The van der Waals surface area contributed by atoms with E-state index in [4.69, 9.17) is 20.3 Å². The SMILES string of the molecule is C[Si](C)(Oc1ccccc1N)Oc1ccccc1N. The van der Waals surface area contributed by atoms with Crippen LogP contribution in [0.4, 0.5) is 11.4 Å². The number of anilines is 2. The topological polar surface area (TPSA) is 70.5 Å². The number of hydrogen-bond acceptors (Lipinski definition) is 4. The first-order valence-electron chi connectivity index (χ1n) is 6.05. The van der Waals surface area contributed by atoms with Crippen molar-refractivity contribution in [1.29, 1.82) is 0 Å². The molecule has 2 rings (SSSR count). The fourth-order valence-electron chi connectivity index (χ4n) is 1.70. The van der Waals surface area contributed by atoms with Gasteiger partial charge in [-0.3, -0.25) is 0 Å². The van der Waals surface area contributed by atoms with Gasteiger partial charge in [0.15, 0.2) is 0 Å². The summed E-state index contributed by atoms with van der Waals surface area (Å²) in [6.07, 6.45) is 0. The van der Waals surface area contributed by atoms with Gasteiger partial charge in [0.1, 0.15) is 11.5 Å². The van der Waals surface area contributed by atoms with E-state index in [1.807, 2.05) is 49.5 Å². The van der Waals surface area contributed by atoms with Gasteiger partial charge in [-0.15, -0.1) is 0 Å². The summed E-state index contributed by atoms with van der Waals surface area (Å²) in [7, 11) is -2.41. The van der Waals surface area contributed by atoms with Crippen LogP contribution in [0.1, 0.15) is 0 Å². The van der Waals surface area contributed by atoms with Crippen LogP contribution in [0.15, 0.2) is 48.5 Å². The zero-order valence-electron chi connectivity index (χ0n) is 11.1. The lowest BCUT2D eigenvalue weighted by Crippen LogP contribution is -2.42. The van der Waals surface area contributed by atoms with Gasteiger partial charge < -0.3 is 20.3 Å². The molecule has 0 saturated heterocycles. The summed E-state index contributed by atoms with van der Waals surface area (Å²) < 4.78 is 11.9. The van der Waals surface area contributed by atoms with Gasteiger partial charge in [-0.1, -0.05) is 24.3 Å². The molecule has 4 nitrogen and oxygen atoms in total. The van der Waals surface area contributed by atoms with E-state index in [1.54, 1.807) is 12.1 Å². The molecule has 2 aromatic carbocycles. The summed E-state index contributed by atoms with van der Waals surface area (Å²) >= 11 is 0. The zero-order chi connectivity index (χ0) is 13.9. The van der Waals surface area contributed by atoms with Crippen molar-refractivity contribution in [3.8, 4) is 11.5 Å². The highest BCUT2D eigenvalue weighted by molar-refractivity contribution is 6.66. The Hall–Kier alpha value is -2.14. The Kier molecular flexibility index (Phi) is 3.66. The number of hydrogen-bond donors (Lipinski definition) is 2. The van der Waals surface area contributed by atoms with Crippen molar-refractivity contribution in [3.05, 3.63) is 48.5 Å². The Labute approximate surface area is 114 Å².